The standard InChI is InChI=1S/C16H28N2S/c1-5-11-17-16(10-8-7-9-14(16)6-2)15-18-12(3)13(4)19-15/h14,17H,5-11H2,1-4H3. The van der Waals surface area contributed by atoms with E-state index in [-0.39, 0.29) is 5.54 Å². The van der Waals surface area contributed by atoms with E-state index in [0.717, 1.165) is 12.5 Å². The maximum atomic E-state index is 4.91. The molecule has 19 heavy (non-hydrogen) atoms. The summed E-state index contributed by atoms with van der Waals surface area (Å²) in [5, 5.41) is 5.24. The van der Waals surface area contributed by atoms with Gasteiger partial charge in [0, 0.05) is 4.88 Å². The second kappa shape index (κ2) is 6.36. The van der Waals surface area contributed by atoms with Crippen molar-refractivity contribution in [1.82, 2.24) is 10.3 Å². The highest BCUT2D eigenvalue weighted by Crippen LogP contribution is 2.45. The maximum Gasteiger partial charge on any atom is 0.114 e. The first kappa shape index (κ1) is 15.0. The van der Waals surface area contributed by atoms with Gasteiger partial charge in [-0.1, -0.05) is 33.1 Å². The number of nitrogens with one attached hydrogen (secondary N) is 1. The average molecular weight is 280 g/mol. The lowest BCUT2D eigenvalue weighted by atomic mass is 9.71. The van der Waals surface area contributed by atoms with Crippen molar-refractivity contribution in [1.29, 1.82) is 0 Å². The first-order valence-electron chi connectivity index (χ1n) is 7.83. The fourth-order valence-electron chi connectivity index (χ4n) is 3.40. The number of hydrogen-bond donors (Lipinski definition) is 1. The van der Waals surface area contributed by atoms with Crippen LogP contribution in [0.25, 0.3) is 0 Å². The van der Waals surface area contributed by atoms with Crippen molar-refractivity contribution >= 4 is 11.3 Å². The molecule has 1 aliphatic rings. The van der Waals surface area contributed by atoms with Gasteiger partial charge in [-0.15, -0.1) is 11.3 Å². The molecule has 1 saturated carbocycles. The van der Waals surface area contributed by atoms with E-state index in [9.17, 15) is 0 Å². The highest BCUT2D eigenvalue weighted by molar-refractivity contribution is 7.11. The largest absolute Gasteiger partial charge is 0.305 e. The normalized spacial score (nSPS) is 27.7. The van der Waals surface area contributed by atoms with Gasteiger partial charge >= 0.3 is 0 Å². The van der Waals surface area contributed by atoms with Crippen LogP contribution >= 0.6 is 11.3 Å². The lowest BCUT2D eigenvalue weighted by Gasteiger charge is -2.43. The van der Waals surface area contributed by atoms with E-state index in [1.807, 2.05) is 11.3 Å². The topological polar surface area (TPSA) is 24.9 Å². The Morgan fingerprint density at radius 3 is 2.68 bits per heavy atom. The molecule has 0 bridgehead atoms. The van der Waals surface area contributed by atoms with Gasteiger partial charge in [0.15, 0.2) is 0 Å². The summed E-state index contributed by atoms with van der Waals surface area (Å²) in [6.07, 6.45) is 7.79. The second-order valence-corrected chi connectivity index (χ2v) is 7.11. The van der Waals surface area contributed by atoms with Crippen molar-refractivity contribution in [3.63, 3.8) is 0 Å². The Hall–Kier alpha value is -0.410. The van der Waals surface area contributed by atoms with Crippen LogP contribution in [0, 0.1) is 19.8 Å². The number of hydrogen-bond acceptors (Lipinski definition) is 3. The molecule has 0 spiro atoms. The fourth-order valence-corrected chi connectivity index (χ4v) is 4.59. The number of thiazole rings is 1. The molecule has 1 aliphatic carbocycles. The summed E-state index contributed by atoms with van der Waals surface area (Å²) in [7, 11) is 0. The van der Waals surface area contributed by atoms with Gasteiger partial charge < -0.3 is 5.32 Å². The smallest absolute Gasteiger partial charge is 0.114 e. The summed E-state index contributed by atoms with van der Waals surface area (Å²) in [6.45, 7) is 10.0. The molecule has 0 amide bonds. The molecule has 0 saturated heterocycles. The SMILES string of the molecule is CCCNC1(c2nc(C)c(C)s2)CCCCC1CC. The molecule has 2 atom stereocenters. The predicted octanol–water partition coefficient (Wildman–Crippen LogP) is 4.56. The third-order valence-electron chi connectivity index (χ3n) is 4.66. The zero-order valence-corrected chi connectivity index (χ0v) is 13.7. The molecule has 108 valence electrons. The first-order valence-corrected chi connectivity index (χ1v) is 8.65. The summed E-state index contributed by atoms with van der Waals surface area (Å²) < 4.78 is 0. The Morgan fingerprint density at radius 1 is 1.32 bits per heavy atom. The monoisotopic (exact) mass is 280 g/mol. The molecule has 0 radical (unpaired) electrons. The number of nitrogens with zero attached hydrogens (tertiary/aromatic N) is 1. The Kier molecular flexibility index (Phi) is 5.02. The molecular formula is C16H28N2S. The van der Waals surface area contributed by atoms with Gasteiger partial charge in [0.2, 0.25) is 0 Å². The van der Waals surface area contributed by atoms with E-state index in [1.54, 1.807) is 0 Å². The van der Waals surface area contributed by atoms with Crippen molar-refractivity contribution in [2.24, 2.45) is 5.92 Å². The highest BCUT2D eigenvalue weighted by atomic mass is 32.1. The van der Waals surface area contributed by atoms with Crippen LogP contribution in [0.15, 0.2) is 0 Å². The number of aryl methyl sites for hydroxylation is 2. The molecule has 1 N–H and O–H groups in total. The molecule has 0 aromatic carbocycles. The molecule has 1 aromatic rings. The van der Waals surface area contributed by atoms with Gasteiger partial charge in [-0.2, -0.15) is 0 Å². The highest BCUT2D eigenvalue weighted by Gasteiger charge is 2.43. The van der Waals surface area contributed by atoms with Crippen LogP contribution in [-0.2, 0) is 5.54 Å². The van der Waals surface area contributed by atoms with Gasteiger partial charge in [0.1, 0.15) is 5.01 Å². The van der Waals surface area contributed by atoms with Crippen LogP contribution in [0.4, 0.5) is 0 Å². The summed E-state index contributed by atoms with van der Waals surface area (Å²) in [4.78, 5) is 6.30. The van der Waals surface area contributed by atoms with Crippen LogP contribution in [0.2, 0.25) is 0 Å². The number of rotatable bonds is 5. The average Bonchev–Trinajstić information content (AvgIpc) is 2.77. The molecule has 2 nitrogen and oxygen atoms in total. The predicted molar refractivity (Wildman–Crippen MR) is 83.8 cm³/mol. The van der Waals surface area contributed by atoms with E-state index in [1.165, 1.54) is 54.1 Å². The molecule has 2 unspecified atom stereocenters. The summed E-state index contributed by atoms with van der Waals surface area (Å²) in [5.41, 5.74) is 1.38. The van der Waals surface area contributed by atoms with E-state index in [4.69, 9.17) is 4.98 Å². The molecule has 2 rings (SSSR count). The van der Waals surface area contributed by atoms with Crippen molar-refractivity contribution in [3.8, 4) is 0 Å². The Labute approximate surface area is 122 Å². The van der Waals surface area contributed by atoms with E-state index in [0.29, 0.717) is 0 Å². The van der Waals surface area contributed by atoms with Gasteiger partial charge in [0.25, 0.3) is 0 Å². The zero-order valence-electron chi connectivity index (χ0n) is 12.9. The quantitative estimate of drug-likeness (QED) is 0.855. The first-order chi connectivity index (χ1) is 9.14. The van der Waals surface area contributed by atoms with Gasteiger partial charge in [-0.3, -0.25) is 0 Å². The minimum atomic E-state index is 0.159. The van der Waals surface area contributed by atoms with Crippen molar-refractivity contribution < 1.29 is 0 Å². The lowest BCUT2D eigenvalue weighted by molar-refractivity contribution is 0.135. The molecule has 1 heterocycles. The Morgan fingerprint density at radius 2 is 2.11 bits per heavy atom. The van der Waals surface area contributed by atoms with Crippen molar-refractivity contribution in [2.45, 2.75) is 71.8 Å². The van der Waals surface area contributed by atoms with Crippen molar-refractivity contribution in [3.05, 3.63) is 15.6 Å². The van der Waals surface area contributed by atoms with Crippen LogP contribution in [-0.4, -0.2) is 11.5 Å². The molecular weight excluding hydrogens is 252 g/mol. The zero-order chi connectivity index (χ0) is 13.9. The number of aromatic nitrogens is 1. The van der Waals surface area contributed by atoms with Crippen molar-refractivity contribution in [2.75, 3.05) is 6.54 Å². The van der Waals surface area contributed by atoms with Gasteiger partial charge in [-0.25, -0.2) is 4.98 Å². The van der Waals surface area contributed by atoms with E-state index >= 15 is 0 Å². The fraction of sp³-hybridized carbons (Fsp3) is 0.812. The summed E-state index contributed by atoms with van der Waals surface area (Å²) in [5.74, 6) is 0.748. The third kappa shape index (κ3) is 2.87. The van der Waals surface area contributed by atoms with Crippen LogP contribution < -0.4 is 5.32 Å². The van der Waals surface area contributed by atoms with E-state index < -0.39 is 0 Å². The lowest BCUT2D eigenvalue weighted by Crippen LogP contribution is -2.50. The molecule has 0 aliphatic heterocycles. The Bertz CT molecular complexity index is 393. The van der Waals surface area contributed by atoms with Crippen LogP contribution in [0.1, 0.15) is 68.0 Å². The third-order valence-corrected chi connectivity index (χ3v) is 5.91. The maximum absolute atomic E-state index is 4.91. The molecule has 1 aromatic heterocycles. The van der Waals surface area contributed by atoms with Gasteiger partial charge in [0.05, 0.1) is 11.2 Å². The second-order valence-electron chi connectivity index (χ2n) is 5.91. The van der Waals surface area contributed by atoms with Crippen LogP contribution in [0.5, 0.6) is 0 Å². The summed E-state index contributed by atoms with van der Waals surface area (Å²) >= 11 is 1.92. The minimum Gasteiger partial charge on any atom is -0.305 e. The Balaban J connectivity index is 2.37. The molecule has 3 heteroatoms. The van der Waals surface area contributed by atoms with E-state index in [2.05, 4.69) is 33.0 Å². The van der Waals surface area contributed by atoms with Gasteiger partial charge in [-0.05, 0) is 45.6 Å². The molecule has 1 fully saturated rings. The minimum absolute atomic E-state index is 0.159. The van der Waals surface area contributed by atoms with Crippen LogP contribution in [0.3, 0.4) is 0 Å². The summed E-state index contributed by atoms with van der Waals surface area (Å²) in [6, 6.07) is 0.